The van der Waals surface area contributed by atoms with Crippen molar-refractivity contribution in [3.05, 3.63) is 46.3 Å². The van der Waals surface area contributed by atoms with Crippen LogP contribution >= 0.6 is 17.0 Å². The molecule has 1 aliphatic heterocycles. The van der Waals surface area contributed by atoms with E-state index in [1.165, 1.54) is 14.2 Å². The smallest absolute Gasteiger partial charge is 0.303 e. The number of aliphatic carboxylic acids is 1. The van der Waals surface area contributed by atoms with Gasteiger partial charge in [0.1, 0.15) is 11.6 Å². The lowest BCUT2D eigenvalue weighted by Crippen LogP contribution is -2.31. The molecule has 232 valence electrons. The number of carboxylic acid groups (broad SMARTS) is 1. The SMILES string of the molecule is Br.CCN(CC)c1cc(C(=O)CN2Cc3cc(OC)c(OC)c(F)c3C2=N)cc(C(C)(C)C)c1OCCCCC(=O)O. The van der Waals surface area contributed by atoms with E-state index in [0.717, 1.165) is 11.3 Å². The molecule has 0 unspecified atom stereocenters. The number of nitrogens with one attached hydrogen (secondary N) is 1. The third-order valence-electron chi connectivity index (χ3n) is 7.28. The zero-order valence-corrected chi connectivity index (χ0v) is 27.3. The number of ether oxygens (including phenoxy) is 3. The summed E-state index contributed by atoms with van der Waals surface area (Å²) >= 11 is 0. The summed E-state index contributed by atoms with van der Waals surface area (Å²) in [4.78, 5) is 28.3. The molecular formula is C31H43BrFN3O6. The number of hydrogen-bond acceptors (Lipinski definition) is 7. The molecular weight excluding hydrogens is 609 g/mol. The van der Waals surface area contributed by atoms with Crippen molar-refractivity contribution in [1.82, 2.24) is 4.90 Å². The maximum absolute atomic E-state index is 15.2. The molecule has 0 aromatic heterocycles. The van der Waals surface area contributed by atoms with Crippen LogP contribution in [0.3, 0.4) is 0 Å². The molecule has 0 aliphatic carbocycles. The number of amidine groups is 1. The average Bonchev–Trinajstić information content (AvgIpc) is 3.23. The van der Waals surface area contributed by atoms with Crippen LogP contribution in [0, 0.1) is 11.2 Å². The Morgan fingerprint density at radius 1 is 1.07 bits per heavy atom. The second kappa shape index (κ2) is 14.7. The number of fused-ring (bicyclic) bond motifs is 1. The van der Waals surface area contributed by atoms with Gasteiger partial charge >= 0.3 is 5.97 Å². The Bertz CT molecular complexity index is 1310. The fourth-order valence-electron chi connectivity index (χ4n) is 5.06. The van der Waals surface area contributed by atoms with E-state index in [2.05, 4.69) is 25.7 Å². The van der Waals surface area contributed by atoms with Crippen LogP contribution in [0.4, 0.5) is 10.1 Å². The predicted octanol–water partition coefficient (Wildman–Crippen LogP) is 6.22. The van der Waals surface area contributed by atoms with E-state index < -0.39 is 11.8 Å². The number of hydrogen-bond donors (Lipinski definition) is 2. The molecule has 0 amide bonds. The van der Waals surface area contributed by atoms with Gasteiger partial charge in [0.15, 0.2) is 23.1 Å². The van der Waals surface area contributed by atoms with E-state index in [0.29, 0.717) is 49.4 Å². The molecule has 2 aromatic rings. The summed E-state index contributed by atoms with van der Waals surface area (Å²) in [5.41, 5.74) is 2.45. The number of benzene rings is 2. The lowest BCUT2D eigenvalue weighted by atomic mass is 9.84. The number of unbranched alkanes of at least 4 members (excludes halogenated alkanes) is 1. The highest BCUT2D eigenvalue weighted by molar-refractivity contribution is 8.93. The van der Waals surface area contributed by atoms with E-state index in [-0.39, 0.29) is 70.6 Å². The summed E-state index contributed by atoms with van der Waals surface area (Å²) in [6.07, 6.45) is 1.20. The first-order valence-electron chi connectivity index (χ1n) is 14.0. The van der Waals surface area contributed by atoms with Crippen LogP contribution in [0.5, 0.6) is 17.2 Å². The van der Waals surface area contributed by atoms with Crippen molar-refractivity contribution in [2.24, 2.45) is 0 Å². The van der Waals surface area contributed by atoms with Gasteiger partial charge in [0.25, 0.3) is 0 Å². The van der Waals surface area contributed by atoms with E-state index >= 15 is 4.39 Å². The molecule has 2 N–H and O–H groups in total. The van der Waals surface area contributed by atoms with Crippen LogP contribution in [0.2, 0.25) is 0 Å². The molecule has 9 nitrogen and oxygen atoms in total. The summed E-state index contributed by atoms with van der Waals surface area (Å²) in [7, 11) is 2.77. The fourth-order valence-corrected chi connectivity index (χ4v) is 5.06. The number of halogens is 2. The summed E-state index contributed by atoms with van der Waals surface area (Å²) in [6, 6.07) is 5.33. The minimum Gasteiger partial charge on any atom is -0.493 e. The van der Waals surface area contributed by atoms with Crippen LogP contribution in [0.1, 0.15) is 80.9 Å². The molecule has 0 saturated carbocycles. The Balaban J connectivity index is 0.00000616. The van der Waals surface area contributed by atoms with Gasteiger partial charge in [-0.05, 0) is 55.9 Å². The second-order valence-corrected chi connectivity index (χ2v) is 11.1. The standard InChI is InChI=1S/C31H42FN3O6.BrH/c1-8-34(9-2)22-15-19(14-21(31(3,4)5)28(22)41-13-11-10-12-25(37)38)23(36)18-35-17-20-16-24(39-6)29(40-7)27(32)26(20)30(35)33;/h14-16,33H,8-13,17-18H2,1-7H3,(H,37,38);1H. The molecule has 0 radical (unpaired) electrons. The highest BCUT2D eigenvalue weighted by Gasteiger charge is 2.33. The first kappa shape index (κ1) is 34.9. The third-order valence-corrected chi connectivity index (χ3v) is 7.28. The summed E-state index contributed by atoms with van der Waals surface area (Å²) < 4.78 is 32.0. The fraction of sp³-hybridized carbons (Fsp3) is 0.516. The Morgan fingerprint density at radius 2 is 1.74 bits per heavy atom. The van der Waals surface area contributed by atoms with Gasteiger partial charge in [-0.2, -0.15) is 0 Å². The first-order valence-corrected chi connectivity index (χ1v) is 14.0. The Kier molecular flexibility index (Phi) is 12.2. The van der Waals surface area contributed by atoms with Crippen molar-refractivity contribution in [3.63, 3.8) is 0 Å². The van der Waals surface area contributed by atoms with Gasteiger partial charge < -0.3 is 29.1 Å². The van der Waals surface area contributed by atoms with Crippen molar-refractivity contribution in [2.45, 2.75) is 65.8 Å². The molecule has 42 heavy (non-hydrogen) atoms. The van der Waals surface area contributed by atoms with Crippen LogP contribution < -0.4 is 19.1 Å². The highest BCUT2D eigenvalue weighted by atomic mass is 79.9. The Labute approximate surface area is 258 Å². The van der Waals surface area contributed by atoms with Gasteiger partial charge in [0.2, 0.25) is 0 Å². The number of Topliss-reactive ketones (excluding diaryl/α,β-unsaturated/α-hetero) is 1. The molecule has 1 aliphatic rings. The molecule has 0 spiro atoms. The number of methoxy groups -OCH3 is 2. The zero-order chi connectivity index (χ0) is 30.5. The number of ketones is 1. The third kappa shape index (κ3) is 7.53. The molecule has 0 bridgehead atoms. The molecule has 0 atom stereocenters. The van der Waals surface area contributed by atoms with E-state index in [9.17, 15) is 9.59 Å². The largest absolute Gasteiger partial charge is 0.493 e. The summed E-state index contributed by atoms with van der Waals surface area (Å²) in [5.74, 6) is -0.922. The van der Waals surface area contributed by atoms with Gasteiger partial charge in [-0.25, -0.2) is 4.39 Å². The average molecular weight is 653 g/mol. The van der Waals surface area contributed by atoms with Crippen LogP contribution in [-0.4, -0.2) is 68.1 Å². The molecule has 11 heteroatoms. The van der Waals surface area contributed by atoms with Crippen molar-refractivity contribution < 1.29 is 33.3 Å². The monoisotopic (exact) mass is 651 g/mol. The normalized spacial score (nSPS) is 12.5. The lowest BCUT2D eigenvalue weighted by molar-refractivity contribution is -0.137. The number of anilines is 1. The second-order valence-electron chi connectivity index (χ2n) is 11.1. The van der Waals surface area contributed by atoms with Gasteiger partial charge in [0.05, 0.1) is 38.6 Å². The maximum atomic E-state index is 15.2. The Morgan fingerprint density at radius 3 is 2.29 bits per heavy atom. The van der Waals surface area contributed by atoms with Crippen LogP contribution in [0.15, 0.2) is 18.2 Å². The predicted molar refractivity (Wildman–Crippen MR) is 167 cm³/mol. The zero-order valence-electron chi connectivity index (χ0n) is 25.6. The Hall–Kier alpha value is -3.34. The number of carboxylic acids is 1. The molecule has 0 saturated heterocycles. The minimum absolute atomic E-state index is 0. The highest BCUT2D eigenvalue weighted by Crippen LogP contribution is 2.42. The molecule has 0 fully saturated rings. The number of rotatable bonds is 14. The number of nitrogens with zero attached hydrogens (tertiary/aromatic N) is 2. The number of carbonyl (C=O) groups is 2. The van der Waals surface area contributed by atoms with Crippen LogP contribution in [-0.2, 0) is 16.8 Å². The van der Waals surface area contributed by atoms with Crippen molar-refractivity contribution in [1.29, 1.82) is 5.41 Å². The van der Waals surface area contributed by atoms with Gasteiger partial charge in [0, 0.05) is 37.2 Å². The topological polar surface area (TPSA) is 112 Å². The van der Waals surface area contributed by atoms with E-state index in [1.807, 2.05) is 26.0 Å². The summed E-state index contributed by atoms with van der Waals surface area (Å²) in [6.45, 7) is 12.1. The minimum atomic E-state index is -0.831. The molecule has 1 heterocycles. The van der Waals surface area contributed by atoms with Crippen molar-refractivity contribution in [2.75, 3.05) is 45.4 Å². The van der Waals surface area contributed by atoms with Gasteiger partial charge in [-0.15, -0.1) is 17.0 Å². The summed E-state index contributed by atoms with van der Waals surface area (Å²) in [5, 5.41) is 17.6. The quantitative estimate of drug-likeness (QED) is 0.183. The molecule has 3 rings (SSSR count). The van der Waals surface area contributed by atoms with E-state index in [4.69, 9.17) is 24.7 Å². The van der Waals surface area contributed by atoms with Gasteiger partial charge in [-0.1, -0.05) is 20.8 Å². The van der Waals surface area contributed by atoms with Crippen molar-refractivity contribution >= 4 is 40.3 Å². The van der Waals surface area contributed by atoms with Crippen molar-refractivity contribution in [3.8, 4) is 17.2 Å². The lowest BCUT2D eigenvalue weighted by Gasteiger charge is -2.31. The molecule has 2 aromatic carbocycles. The van der Waals surface area contributed by atoms with E-state index in [1.54, 1.807) is 11.0 Å². The maximum Gasteiger partial charge on any atom is 0.303 e. The number of carbonyl (C=O) groups excluding carboxylic acids is 1. The van der Waals surface area contributed by atoms with Gasteiger partial charge in [-0.3, -0.25) is 15.0 Å². The first-order chi connectivity index (χ1) is 19.4. The van der Waals surface area contributed by atoms with Crippen LogP contribution in [0.25, 0.3) is 0 Å².